The van der Waals surface area contributed by atoms with Crippen LogP contribution in [0, 0.1) is 6.92 Å². The topological polar surface area (TPSA) is 69.0 Å². The molecule has 0 radical (unpaired) electrons. The summed E-state index contributed by atoms with van der Waals surface area (Å²) in [7, 11) is 4.27. The number of nitrogens with zero attached hydrogens (tertiary/aromatic N) is 2. The molecule has 1 unspecified atom stereocenters. The van der Waals surface area contributed by atoms with Crippen molar-refractivity contribution in [2.45, 2.75) is 19.5 Å². The molecule has 0 aliphatic carbocycles. The molecule has 1 aliphatic rings. The van der Waals surface area contributed by atoms with Crippen LogP contribution in [0.3, 0.4) is 0 Å². The maximum Gasteiger partial charge on any atom is 0.372 e. The molecule has 0 amide bonds. The Labute approximate surface area is 119 Å². The number of aryl methyl sites for hydroxylation is 1. The number of furan rings is 1. The van der Waals surface area contributed by atoms with Crippen LogP contribution in [0.1, 0.15) is 21.9 Å². The highest BCUT2D eigenvalue weighted by atomic mass is 16.4. The van der Waals surface area contributed by atoms with E-state index in [0.717, 1.165) is 26.2 Å². The zero-order valence-electron chi connectivity index (χ0n) is 12.3. The van der Waals surface area contributed by atoms with Crippen LogP contribution in [-0.4, -0.2) is 67.2 Å². The van der Waals surface area contributed by atoms with E-state index in [1.165, 1.54) is 0 Å². The van der Waals surface area contributed by atoms with Gasteiger partial charge in [0.2, 0.25) is 5.76 Å². The van der Waals surface area contributed by atoms with Gasteiger partial charge in [0.1, 0.15) is 5.76 Å². The fourth-order valence-electron chi connectivity index (χ4n) is 2.53. The molecule has 6 nitrogen and oxygen atoms in total. The van der Waals surface area contributed by atoms with E-state index in [1.807, 2.05) is 0 Å². The first-order chi connectivity index (χ1) is 9.47. The first kappa shape index (κ1) is 15.0. The Hall–Kier alpha value is -1.37. The van der Waals surface area contributed by atoms with Gasteiger partial charge in [-0.3, -0.25) is 4.90 Å². The summed E-state index contributed by atoms with van der Waals surface area (Å²) in [5, 5.41) is 12.3. The van der Waals surface area contributed by atoms with Crippen molar-refractivity contribution in [2.24, 2.45) is 0 Å². The average Bonchev–Trinajstić information content (AvgIpc) is 2.75. The Kier molecular flexibility index (Phi) is 4.80. The zero-order valence-corrected chi connectivity index (χ0v) is 12.3. The Morgan fingerprint density at radius 2 is 2.25 bits per heavy atom. The number of aromatic carboxylic acids is 1. The Balaban J connectivity index is 1.83. The molecule has 1 aromatic heterocycles. The quantitative estimate of drug-likeness (QED) is 0.825. The van der Waals surface area contributed by atoms with Gasteiger partial charge < -0.3 is 19.7 Å². The SMILES string of the molecule is Cc1cc(CNCC2CN(C)CCN2C)oc1C(=O)O. The first-order valence-electron chi connectivity index (χ1n) is 6.89. The van der Waals surface area contributed by atoms with Gasteiger partial charge in [-0.1, -0.05) is 0 Å². The van der Waals surface area contributed by atoms with Crippen molar-refractivity contribution in [3.63, 3.8) is 0 Å². The standard InChI is InChI=1S/C14H23N3O3/c1-10-6-12(20-13(10)14(18)19)8-15-7-11-9-16(2)4-5-17(11)3/h6,11,15H,4-5,7-9H2,1-3H3,(H,18,19). The van der Waals surface area contributed by atoms with Crippen LogP contribution < -0.4 is 5.32 Å². The summed E-state index contributed by atoms with van der Waals surface area (Å²) in [5.41, 5.74) is 0.670. The van der Waals surface area contributed by atoms with Gasteiger partial charge in [-0.25, -0.2) is 4.79 Å². The van der Waals surface area contributed by atoms with Crippen LogP contribution in [0.15, 0.2) is 10.5 Å². The fourth-order valence-corrected chi connectivity index (χ4v) is 2.53. The van der Waals surface area contributed by atoms with Crippen molar-refractivity contribution in [3.05, 3.63) is 23.2 Å². The third-order valence-corrected chi connectivity index (χ3v) is 3.82. The molecule has 0 aromatic carbocycles. The monoisotopic (exact) mass is 281 g/mol. The van der Waals surface area contributed by atoms with Crippen LogP contribution in [0.5, 0.6) is 0 Å². The highest BCUT2D eigenvalue weighted by molar-refractivity contribution is 5.86. The smallest absolute Gasteiger partial charge is 0.372 e. The lowest BCUT2D eigenvalue weighted by Crippen LogP contribution is -2.53. The summed E-state index contributed by atoms with van der Waals surface area (Å²) < 4.78 is 5.33. The Bertz CT molecular complexity index is 472. The second kappa shape index (κ2) is 6.39. The molecule has 112 valence electrons. The Morgan fingerprint density at radius 3 is 2.90 bits per heavy atom. The van der Waals surface area contributed by atoms with Gasteiger partial charge in [-0.2, -0.15) is 0 Å². The Morgan fingerprint density at radius 1 is 1.50 bits per heavy atom. The van der Waals surface area contributed by atoms with E-state index in [4.69, 9.17) is 9.52 Å². The molecule has 1 saturated heterocycles. The number of rotatable bonds is 5. The van der Waals surface area contributed by atoms with Gasteiger partial charge >= 0.3 is 5.97 Å². The minimum atomic E-state index is -1.01. The summed E-state index contributed by atoms with van der Waals surface area (Å²) >= 11 is 0. The minimum Gasteiger partial charge on any atom is -0.475 e. The number of carbonyl (C=O) groups is 1. The second-order valence-electron chi connectivity index (χ2n) is 5.56. The van der Waals surface area contributed by atoms with Crippen molar-refractivity contribution < 1.29 is 14.3 Å². The van der Waals surface area contributed by atoms with Gasteiger partial charge in [0.25, 0.3) is 0 Å². The molecule has 2 rings (SSSR count). The lowest BCUT2D eigenvalue weighted by Gasteiger charge is -2.37. The van der Waals surface area contributed by atoms with Crippen molar-refractivity contribution in [1.29, 1.82) is 0 Å². The maximum absolute atomic E-state index is 10.9. The molecule has 0 saturated carbocycles. The number of hydrogen-bond donors (Lipinski definition) is 2. The number of hydrogen-bond acceptors (Lipinski definition) is 5. The predicted octanol–water partition coefficient (Wildman–Crippen LogP) is 0.622. The summed E-state index contributed by atoms with van der Waals surface area (Å²) in [6, 6.07) is 2.26. The highest BCUT2D eigenvalue weighted by Gasteiger charge is 2.21. The van der Waals surface area contributed by atoms with Crippen LogP contribution in [0.2, 0.25) is 0 Å². The van der Waals surface area contributed by atoms with Gasteiger partial charge in [-0.05, 0) is 27.1 Å². The molecule has 1 aliphatic heterocycles. The first-order valence-corrected chi connectivity index (χ1v) is 6.89. The molecule has 2 heterocycles. The summed E-state index contributed by atoms with van der Waals surface area (Å²) in [6.45, 7) is 6.39. The molecule has 20 heavy (non-hydrogen) atoms. The summed E-state index contributed by atoms with van der Waals surface area (Å²) in [5.74, 6) is -0.301. The largest absolute Gasteiger partial charge is 0.475 e. The number of piperazine rings is 1. The number of carboxylic acids is 1. The minimum absolute atomic E-state index is 0.0383. The lowest BCUT2D eigenvalue weighted by atomic mass is 10.2. The van der Waals surface area contributed by atoms with Crippen LogP contribution in [0.4, 0.5) is 0 Å². The van der Waals surface area contributed by atoms with Crippen LogP contribution >= 0.6 is 0 Å². The van der Waals surface area contributed by atoms with Crippen molar-refractivity contribution in [2.75, 3.05) is 40.3 Å². The molecule has 2 N–H and O–H groups in total. The molecule has 1 aromatic rings. The van der Waals surface area contributed by atoms with E-state index in [0.29, 0.717) is 23.9 Å². The molecule has 0 spiro atoms. The van der Waals surface area contributed by atoms with E-state index in [1.54, 1.807) is 13.0 Å². The fraction of sp³-hybridized carbons (Fsp3) is 0.643. The molecular weight excluding hydrogens is 258 g/mol. The van der Waals surface area contributed by atoms with E-state index < -0.39 is 5.97 Å². The average molecular weight is 281 g/mol. The third kappa shape index (κ3) is 3.59. The molecule has 6 heteroatoms. The zero-order chi connectivity index (χ0) is 14.7. The van der Waals surface area contributed by atoms with Crippen LogP contribution in [0.25, 0.3) is 0 Å². The van der Waals surface area contributed by atoms with Gasteiger partial charge in [0.05, 0.1) is 6.54 Å². The maximum atomic E-state index is 10.9. The van der Waals surface area contributed by atoms with Crippen molar-refractivity contribution >= 4 is 5.97 Å². The molecular formula is C14H23N3O3. The second-order valence-corrected chi connectivity index (χ2v) is 5.56. The molecule has 1 atom stereocenters. The number of likely N-dealkylation sites (N-methyl/N-ethyl adjacent to an activating group) is 2. The van der Waals surface area contributed by atoms with E-state index in [2.05, 4.69) is 29.2 Å². The third-order valence-electron chi connectivity index (χ3n) is 3.82. The van der Waals surface area contributed by atoms with Crippen molar-refractivity contribution in [1.82, 2.24) is 15.1 Å². The van der Waals surface area contributed by atoms with Crippen LogP contribution in [-0.2, 0) is 6.54 Å². The lowest BCUT2D eigenvalue weighted by molar-refractivity contribution is 0.0659. The molecule has 1 fully saturated rings. The number of carboxylic acid groups (broad SMARTS) is 1. The van der Waals surface area contributed by atoms with E-state index in [9.17, 15) is 4.79 Å². The van der Waals surface area contributed by atoms with E-state index >= 15 is 0 Å². The summed E-state index contributed by atoms with van der Waals surface area (Å²) in [6.07, 6.45) is 0. The van der Waals surface area contributed by atoms with Gasteiger partial charge in [-0.15, -0.1) is 0 Å². The highest BCUT2D eigenvalue weighted by Crippen LogP contribution is 2.14. The van der Waals surface area contributed by atoms with Gasteiger partial charge in [0.15, 0.2) is 0 Å². The normalized spacial score (nSPS) is 21.2. The number of nitrogens with one attached hydrogen (secondary N) is 1. The van der Waals surface area contributed by atoms with Gasteiger partial charge in [0, 0.05) is 37.8 Å². The molecule has 0 bridgehead atoms. The van der Waals surface area contributed by atoms with E-state index in [-0.39, 0.29) is 5.76 Å². The van der Waals surface area contributed by atoms with Crippen molar-refractivity contribution in [3.8, 4) is 0 Å². The predicted molar refractivity (Wildman–Crippen MR) is 76.0 cm³/mol. The summed E-state index contributed by atoms with van der Waals surface area (Å²) in [4.78, 5) is 15.6.